The van der Waals surface area contributed by atoms with Crippen molar-refractivity contribution in [2.75, 3.05) is 0 Å². The third-order valence-corrected chi connectivity index (χ3v) is 2.99. The highest BCUT2D eigenvalue weighted by Crippen LogP contribution is 2.11. The Morgan fingerprint density at radius 2 is 2.12 bits per heavy atom. The number of hydrogen-bond donors (Lipinski definition) is 1. The van der Waals surface area contributed by atoms with Gasteiger partial charge >= 0.3 is 0 Å². The third kappa shape index (κ3) is 2.54. The normalized spacial score (nSPS) is 10.9. The van der Waals surface area contributed by atoms with Gasteiger partial charge in [-0.1, -0.05) is 26.3 Å². The van der Waals surface area contributed by atoms with Crippen molar-refractivity contribution in [2.24, 2.45) is 0 Å². The zero-order valence-electron chi connectivity index (χ0n) is 10.4. The SMILES string of the molecule is CCCCc1nc2ccc(CC)cc2c(=O)[nH]1. The highest BCUT2D eigenvalue weighted by molar-refractivity contribution is 5.78. The van der Waals surface area contributed by atoms with E-state index < -0.39 is 0 Å². The van der Waals surface area contributed by atoms with Gasteiger partial charge < -0.3 is 4.98 Å². The first-order valence-corrected chi connectivity index (χ1v) is 6.26. The molecule has 3 heteroatoms. The molecule has 0 unspecified atom stereocenters. The highest BCUT2D eigenvalue weighted by atomic mass is 16.1. The van der Waals surface area contributed by atoms with Gasteiger partial charge in [-0.15, -0.1) is 0 Å². The molecule has 17 heavy (non-hydrogen) atoms. The molecule has 0 bridgehead atoms. The van der Waals surface area contributed by atoms with E-state index in [4.69, 9.17) is 0 Å². The van der Waals surface area contributed by atoms with Crippen LogP contribution in [0.2, 0.25) is 0 Å². The van der Waals surface area contributed by atoms with Gasteiger partial charge in [0.15, 0.2) is 0 Å². The largest absolute Gasteiger partial charge is 0.310 e. The van der Waals surface area contributed by atoms with Crippen LogP contribution >= 0.6 is 0 Å². The quantitative estimate of drug-likeness (QED) is 0.877. The summed E-state index contributed by atoms with van der Waals surface area (Å²) in [5.41, 5.74) is 1.96. The highest BCUT2D eigenvalue weighted by Gasteiger charge is 2.04. The number of fused-ring (bicyclic) bond motifs is 1. The maximum absolute atomic E-state index is 11.9. The van der Waals surface area contributed by atoms with Crippen LogP contribution in [0.1, 0.15) is 38.1 Å². The van der Waals surface area contributed by atoms with Gasteiger partial charge in [0.1, 0.15) is 5.82 Å². The van der Waals surface area contributed by atoms with Crippen LogP contribution in [0.5, 0.6) is 0 Å². The second-order valence-electron chi connectivity index (χ2n) is 4.32. The predicted molar refractivity (Wildman–Crippen MR) is 70.4 cm³/mol. The molecule has 0 aliphatic heterocycles. The number of aromatic nitrogens is 2. The summed E-state index contributed by atoms with van der Waals surface area (Å²) in [7, 11) is 0. The van der Waals surface area contributed by atoms with E-state index in [0.717, 1.165) is 37.0 Å². The van der Waals surface area contributed by atoms with Crippen molar-refractivity contribution in [3.05, 3.63) is 39.9 Å². The molecule has 0 spiro atoms. The number of nitrogens with zero attached hydrogens (tertiary/aromatic N) is 1. The van der Waals surface area contributed by atoms with E-state index in [9.17, 15) is 4.79 Å². The number of H-pyrrole nitrogens is 1. The molecule has 0 fully saturated rings. The molecule has 1 heterocycles. The molecule has 3 nitrogen and oxygen atoms in total. The van der Waals surface area contributed by atoms with E-state index in [2.05, 4.69) is 23.8 Å². The van der Waals surface area contributed by atoms with E-state index in [0.29, 0.717) is 5.39 Å². The lowest BCUT2D eigenvalue weighted by Crippen LogP contribution is -2.12. The van der Waals surface area contributed by atoms with Crippen molar-refractivity contribution in [3.8, 4) is 0 Å². The number of hydrogen-bond acceptors (Lipinski definition) is 2. The average Bonchev–Trinajstić information content (AvgIpc) is 2.36. The average molecular weight is 230 g/mol. The molecule has 1 aromatic heterocycles. The lowest BCUT2D eigenvalue weighted by atomic mass is 10.1. The molecule has 0 amide bonds. The van der Waals surface area contributed by atoms with Gasteiger partial charge in [0.2, 0.25) is 0 Å². The summed E-state index contributed by atoms with van der Waals surface area (Å²) in [6, 6.07) is 5.92. The molecule has 90 valence electrons. The zero-order valence-corrected chi connectivity index (χ0v) is 10.4. The summed E-state index contributed by atoms with van der Waals surface area (Å²) < 4.78 is 0. The van der Waals surface area contributed by atoms with Crippen LogP contribution in [0.25, 0.3) is 10.9 Å². The summed E-state index contributed by atoms with van der Waals surface area (Å²) in [6.45, 7) is 4.21. The molecule has 1 aromatic carbocycles. The van der Waals surface area contributed by atoms with Gasteiger partial charge in [0, 0.05) is 6.42 Å². The maximum atomic E-state index is 11.9. The Hall–Kier alpha value is -1.64. The van der Waals surface area contributed by atoms with Gasteiger partial charge in [-0.3, -0.25) is 4.79 Å². The van der Waals surface area contributed by atoms with Gasteiger partial charge in [0.05, 0.1) is 10.9 Å². The Morgan fingerprint density at radius 3 is 2.82 bits per heavy atom. The Labute approximate surface area is 101 Å². The summed E-state index contributed by atoms with van der Waals surface area (Å²) in [4.78, 5) is 19.3. The fourth-order valence-electron chi connectivity index (χ4n) is 1.92. The van der Waals surface area contributed by atoms with E-state index in [1.165, 1.54) is 5.56 Å². The van der Waals surface area contributed by atoms with Crippen LogP contribution < -0.4 is 5.56 Å². The number of aryl methyl sites for hydroxylation is 2. The fraction of sp³-hybridized carbons (Fsp3) is 0.429. The minimum absolute atomic E-state index is 0.0172. The molecule has 0 aliphatic rings. The lowest BCUT2D eigenvalue weighted by Gasteiger charge is -2.03. The monoisotopic (exact) mass is 230 g/mol. The second-order valence-corrected chi connectivity index (χ2v) is 4.32. The van der Waals surface area contributed by atoms with E-state index in [1.807, 2.05) is 18.2 Å². The second kappa shape index (κ2) is 5.13. The predicted octanol–water partition coefficient (Wildman–Crippen LogP) is 2.83. The molecule has 0 saturated heterocycles. The van der Waals surface area contributed by atoms with Crippen molar-refractivity contribution in [2.45, 2.75) is 39.5 Å². The number of benzene rings is 1. The van der Waals surface area contributed by atoms with Crippen LogP contribution in [-0.4, -0.2) is 9.97 Å². The van der Waals surface area contributed by atoms with Crippen LogP contribution in [0.15, 0.2) is 23.0 Å². The number of aromatic amines is 1. The topological polar surface area (TPSA) is 45.8 Å². The Bertz CT molecular complexity index is 572. The van der Waals surface area contributed by atoms with Crippen LogP contribution in [-0.2, 0) is 12.8 Å². The molecular formula is C14H18N2O. The number of unbranched alkanes of at least 4 members (excludes halogenated alkanes) is 1. The van der Waals surface area contributed by atoms with Crippen molar-refractivity contribution >= 4 is 10.9 Å². The molecule has 2 aromatic rings. The standard InChI is InChI=1S/C14H18N2O/c1-3-5-6-13-15-12-8-7-10(4-2)9-11(12)14(17)16-13/h7-9H,3-6H2,1-2H3,(H,15,16,17). The molecule has 2 rings (SSSR count). The van der Waals surface area contributed by atoms with Crippen molar-refractivity contribution in [1.82, 2.24) is 9.97 Å². The molecular weight excluding hydrogens is 212 g/mol. The van der Waals surface area contributed by atoms with Gasteiger partial charge in [0.25, 0.3) is 5.56 Å². The van der Waals surface area contributed by atoms with Gasteiger partial charge in [-0.25, -0.2) is 4.98 Å². The summed E-state index contributed by atoms with van der Waals surface area (Å²) in [6.07, 6.45) is 3.95. The van der Waals surface area contributed by atoms with Crippen LogP contribution in [0, 0.1) is 0 Å². The maximum Gasteiger partial charge on any atom is 0.258 e. The van der Waals surface area contributed by atoms with E-state index in [1.54, 1.807) is 0 Å². The zero-order chi connectivity index (χ0) is 12.3. The summed E-state index contributed by atoms with van der Waals surface area (Å²) in [5, 5.41) is 0.699. The minimum atomic E-state index is -0.0172. The Balaban J connectivity index is 2.48. The van der Waals surface area contributed by atoms with Crippen LogP contribution in [0.4, 0.5) is 0 Å². The smallest absolute Gasteiger partial charge is 0.258 e. The molecule has 0 radical (unpaired) electrons. The van der Waals surface area contributed by atoms with Crippen molar-refractivity contribution < 1.29 is 0 Å². The Kier molecular flexibility index (Phi) is 3.57. The fourth-order valence-corrected chi connectivity index (χ4v) is 1.92. The van der Waals surface area contributed by atoms with E-state index >= 15 is 0 Å². The molecule has 0 saturated carbocycles. The minimum Gasteiger partial charge on any atom is -0.310 e. The van der Waals surface area contributed by atoms with Crippen molar-refractivity contribution in [1.29, 1.82) is 0 Å². The van der Waals surface area contributed by atoms with Gasteiger partial charge in [-0.05, 0) is 30.5 Å². The summed E-state index contributed by atoms with van der Waals surface area (Å²) in [5.74, 6) is 0.800. The van der Waals surface area contributed by atoms with Gasteiger partial charge in [-0.2, -0.15) is 0 Å². The first kappa shape index (κ1) is 11.8. The Morgan fingerprint density at radius 1 is 1.29 bits per heavy atom. The first-order chi connectivity index (χ1) is 8.24. The number of rotatable bonds is 4. The van der Waals surface area contributed by atoms with Crippen LogP contribution in [0.3, 0.4) is 0 Å². The first-order valence-electron chi connectivity index (χ1n) is 6.26. The molecule has 1 N–H and O–H groups in total. The molecule has 0 aliphatic carbocycles. The number of nitrogens with one attached hydrogen (secondary N) is 1. The van der Waals surface area contributed by atoms with Crippen molar-refractivity contribution in [3.63, 3.8) is 0 Å². The summed E-state index contributed by atoms with van der Waals surface area (Å²) >= 11 is 0. The third-order valence-electron chi connectivity index (χ3n) is 2.99. The van der Waals surface area contributed by atoms with E-state index in [-0.39, 0.29) is 5.56 Å². The lowest BCUT2D eigenvalue weighted by molar-refractivity contribution is 0.753. The molecule has 0 atom stereocenters.